The fourth-order valence-corrected chi connectivity index (χ4v) is 8.07. The second-order valence-corrected chi connectivity index (χ2v) is 12.1. The maximum atomic E-state index is 13.9. The Bertz CT molecular complexity index is 1710. The maximum Gasteiger partial charge on any atom is 0.308 e. The lowest BCUT2D eigenvalue weighted by Crippen LogP contribution is -2.33. The van der Waals surface area contributed by atoms with Crippen molar-refractivity contribution >= 4 is 52.2 Å². The third-order valence-corrected chi connectivity index (χ3v) is 9.78. The molecule has 6 rings (SSSR count). The van der Waals surface area contributed by atoms with Gasteiger partial charge in [-0.3, -0.25) is 23.7 Å². The van der Waals surface area contributed by atoms with Crippen LogP contribution in [0.5, 0.6) is 0 Å². The zero-order valence-corrected chi connectivity index (χ0v) is 23.2. The molecule has 10 heteroatoms. The molecule has 7 nitrogen and oxygen atoms in total. The molecule has 3 aromatic carbocycles. The SMILES string of the molecule is Cc1ccc(N2C(=O)C3Sc4c(sc(=O)n4CC(=O)Nc4cccc(C)c4)C(c4ccc(F)cc4)C3C2=O)cc1. The van der Waals surface area contributed by atoms with Crippen molar-refractivity contribution in [2.45, 2.75) is 36.6 Å². The van der Waals surface area contributed by atoms with Gasteiger partial charge in [-0.2, -0.15) is 0 Å². The average molecular weight is 574 g/mol. The molecule has 3 atom stereocenters. The lowest BCUT2D eigenvalue weighted by Gasteiger charge is -2.30. The molecule has 1 fully saturated rings. The quantitative estimate of drug-likeness (QED) is 0.336. The van der Waals surface area contributed by atoms with Gasteiger partial charge in [-0.15, -0.1) is 0 Å². The summed E-state index contributed by atoms with van der Waals surface area (Å²) in [5.74, 6) is -2.99. The van der Waals surface area contributed by atoms with Crippen LogP contribution >= 0.6 is 23.1 Å². The number of fused-ring (bicyclic) bond motifs is 2. The zero-order valence-electron chi connectivity index (χ0n) is 21.6. The van der Waals surface area contributed by atoms with E-state index in [0.29, 0.717) is 26.8 Å². The molecule has 4 aromatic rings. The van der Waals surface area contributed by atoms with E-state index < -0.39 is 22.9 Å². The van der Waals surface area contributed by atoms with Crippen LogP contribution in [0.1, 0.15) is 27.5 Å². The molecule has 3 unspecified atom stereocenters. The summed E-state index contributed by atoms with van der Waals surface area (Å²) < 4.78 is 15.2. The lowest BCUT2D eigenvalue weighted by atomic mass is 9.83. The predicted octanol–water partition coefficient (Wildman–Crippen LogP) is 5.10. The van der Waals surface area contributed by atoms with Gasteiger partial charge in [-0.1, -0.05) is 65.1 Å². The van der Waals surface area contributed by atoms with E-state index in [1.54, 1.807) is 30.3 Å². The number of rotatable bonds is 5. The first-order valence-electron chi connectivity index (χ1n) is 12.7. The molecule has 202 valence electrons. The third kappa shape index (κ3) is 4.56. The van der Waals surface area contributed by atoms with Crippen LogP contribution in [0, 0.1) is 25.6 Å². The first kappa shape index (κ1) is 26.2. The van der Waals surface area contributed by atoms with Gasteiger partial charge >= 0.3 is 4.87 Å². The fourth-order valence-electron chi connectivity index (χ4n) is 5.30. The number of thiazole rings is 1. The molecule has 1 aromatic heterocycles. The Morgan fingerprint density at radius 3 is 2.35 bits per heavy atom. The van der Waals surface area contributed by atoms with E-state index in [4.69, 9.17) is 0 Å². The number of anilines is 2. The van der Waals surface area contributed by atoms with E-state index in [0.717, 1.165) is 34.2 Å². The smallest absolute Gasteiger partial charge is 0.308 e. The Morgan fingerprint density at radius 1 is 0.925 bits per heavy atom. The van der Waals surface area contributed by atoms with Gasteiger partial charge in [0.1, 0.15) is 17.6 Å². The van der Waals surface area contributed by atoms with Crippen molar-refractivity contribution in [1.82, 2.24) is 4.57 Å². The number of halogens is 1. The highest BCUT2D eigenvalue weighted by Gasteiger charge is 2.56. The number of amides is 3. The highest BCUT2D eigenvalue weighted by atomic mass is 32.2. The van der Waals surface area contributed by atoms with Crippen molar-refractivity contribution in [3.8, 4) is 0 Å². The molecule has 3 amide bonds. The summed E-state index contributed by atoms with van der Waals surface area (Å²) in [5.41, 5.74) is 3.70. The monoisotopic (exact) mass is 573 g/mol. The van der Waals surface area contributed by atoms with Crippen LogP contribution in [0.2, 0.25) is 0 Å². The van der Waals surface area contributed by atoms with Gasteiger partial charge in [0.15, 0.2) is 0 Å². The molecule has 0 saturated carbocycles. The van der Waals surface area contributed by atoms with Gasteiger partial charge in [0.05, 0.1) is 16.6 Å². The van der Waals surface area contributed by atoms with E-state index >= 15 is 0 Å². The molecule has 0 spiro atoms. The van der Waals surface area contributed by atoms with Crippen LogP contribution in [-0.2, 0) is 20.9 Å². The molecule has 0 aliphatic carbocycles. The number of aromatic nitrogens is 1. The standard InChI is InChI=1S/C30H24FN3O4S2/c1-16-6-12-21(13-7-16)34-27(36)24-23(18-8-10-19(31)11-9-18)26-29(39-25(24)28(34)37)33(30(38)40-26)15-22(35)32-20-5-3-4-17(2)14-20/h3-14,23-25H,15H2,1-2H3,(H,32,35). The van der Waals surface area contributed by atoms with E-state index in [1.807, 2.05) is 44.2 Å². The van der Waals surface area contributed by atoms with Crippen LogP contribution in [-0.4, -0.2) is 27.5 Å². The van der Waals surface area contributed by atoms with Gasteiger partial charge in [0.25, 0.3) is 0 Å². The Hall–Kier alpha value is -4.02. The topological polar surface area (TPSA) is 88.5 Å². The largest absolute Gasteiger partial charge is 0.325 e. The van der Waals surface area contributed by atoms with E-state index in [2.05, 4.69) is 5.32 Å². The summed E-state index contributed by atoms with van der Waals surface area (Å²) in [5, 5.41) is 2.50. The number of imide groups is 1. The Morgan fingerprint density at radius 2 is 1.65 bits per heavy atom. The first-order valence-corrected chi connectivity index (χ1v) is 14.4. The molecular formula is C30H24FN3O4S2. The van der Waals surface area contributed by atoms with Crippen LogP contribution in [0.3, 0.4) is 0 Å². The second kappa shape index (κ2) is 10.2. The van der Waals surface area contributed by atoms with Crippen molar-refractivity contribution in [3.63, 3.8) is 0 Å². The Kier molecular flexibility index (Phi) is 6.67. The number of hydrogen-bond donors (Lipinski definition) is 1. The van der Waals surface area contributed by atoms with E-state index in [1.165, 1.54) is 21.6 Å². The Labute approximate surface area is 237 Å². The number of hydrogen-bond acceptors (Lipinski definition) is 6. The van der Waals surface area contributed by atoms with Crippen LogP contribution < -0.4 is 15.1 Å². The number of aryl methyl sites for hydroxylation is 2. The summed E-state index contributed by atoms with van der Waals surface area (Å²) in [4.78, 5) is 55.3. The lowest BCUT2D eigenvalue weighted by molar-refractivity contribution is -0.122. The van der Waals surface area contributed by atoms with Gasteiger partial charge < -0.3 is 5.32 Å². The van der Waals surface area contributed by atoms with Crippen LogP contribution in [0.15, 0.2) is 82.6 Å². The maximum absolute atomic E-state index is 13.9. The van der Waals surface area contributed by atoms with Crippen LogP contribution in [0.25, 0.3) is 0 Å². The molecule has 2 aliphatic rings. The van der Waals surface area contributed by atoms with Crippen molar-refractivity contribution in [3.05, 3.63) is 110 Å². The molecule has 40 heavy (non-hydrogen) atoms. The molecule has 1 N–H and O–H groups in total. The summed E-state index contributed by atoms with van der Waals surface area (Å²) in [7, 11) is 0. The molecule has 1 saturated heterocycles. The normalized spacial score (nSPS) is 19.9. The van der Waals surface area contributed by atoms with Crippen molar-refractivity contribution < 1.29 is 18.8 Å². The number of nitrogens with zero attached hydrogens (tertiary/aromatic N) is 2. The summed E-state index contributed by atoms with van der Waals surface area (Å²) in [6.07, 6.45) is 0. The highest BCUT2D eigenvalue weighted by Crippen LogP contribution is 2.53. The summed E-state index contributed by atoms with van der Waals surface area (Å²) in [6, 6.07) is 20.3. The second-order valence-electron chi connectivity index (χ2n) is 9.98. The van der Waals surface area contributed by atoms with E-state index in [-0.39, 0.29) is 29.1 Å². The molecule has 0 radical (unpaired) electrons. The summed E-state index contributed by atoms with van der Waals surface area (Å²) >= 11 is 2.10. The summed E-state index contributed by atoms with van der Waals surface area (Å²) in [6.45, 7) is 3.59. The highest BCUT2D eigenvalue weighted by molar-refractivity contribution is 8.00. The van der Waals surface area contributed by atoms with Crippen molar-refractivity contribution in [1.29, 1.82) is 0 Å². The fraction of sp³-hybridized carbons (Fsp3) is 0.200. The molecule has 3 heterocycles. The minimum absolute atomic E-state index is 0.247. The number of nitrogens with one attached hydrogen (secondary N) is 1. The van der Waals surface area contributed by atoms with E-state index in [9.17, 15) is 23.6 Å². The van der Waals surface area contributed by atoms with Gasteiger partial charge in [-0.05, 0) is 61.4 Å². The first-order chi connectivity index (χ1) is 19.2. The third-order valence-electron chi connectivity index (χ3n) is 7.17. The number of carbonyl (C=O) groups is 3. The number of benzene rings is 3. The molecular weight excluding hydrogens is 549 g/mol. The van der Waals surface area contributed by atoms with Crippen LogP contribution in [0.4, 0.5) is 15.8 Å². The van der Waals surface area contributed by atoms with Gasteiger partial charge in [0, 0.05) is 16.5 Å². The minimum atomic E-state index is -0.809. The molecule has 2 aliphatic heterocycles. The van der Waals surface area contributed by atoms with Crippen molar-refractivity contribution in [2.75, 3.05) is 10.2 Å². The molecule has 0 bridgehead atoms. The predicted molar refractivity (Wildman–Crippen MR) is 153 cm³/mol. The number of carbonyl (C=O) groups excluding carboxylic acids is 3. The van der Waals surface area contributed by atoms with Gasteiger partial charge in [-0.25, -0.2) is 9.29 Å². The average Bonchev–Trinajstić information content (AvgIpc) is 3.36. The zero-order chi connectivity index (χ0) is 28.1. The van der Waals surface area contributed by atoms with Gasteiger partial charge in [0.2, 0.25) is 17.7 Å². The van der Waals surface area contributed by atoms with Crippen molar-refractivity contribution in [2.24, 2.45) is 5.92 Å². The Balaban J connectivity index is 1.41. The number of thioether (sulfide) groups is 1. The minimum Gasteiger partial charge on any atom is -0.325 e.